The van der Waals surface area contributed by atoms with Crippen LogP contribution in [0.4, 0.5) is 11.4 Å². The van der Waals surface area contributed by atoms with E-state index in [1.165, 1.54) is 30.0 Å². The molecule has 1 N–H and O–H groups in total. The molecule has 2 amide bonds. The molecule has 150 valence electrons. The minimum absolute atomic E-state index is 0.0485. The lowest BCUT2D eigenvalue weighted by molar-refractivity contribution is -0.119. The van der Waals surface area contributed by atoms with Gasteiger partial charge in [-0.1, -0.05) is 11.6 Å². The normalized spacial score (nSPS) is 13.3. The van der Waals surface area contributed by atoms with Crippen LogP contribution in [0.5, 0.6) is 0 Å². The summed E-state index contributed by atoms with van der Waals surface area (Å²) in [5, 5.41) is 2.95. The van der Waals surface area contributed by atoms with Crippen LogP contribution in [0.2, 0.25) is 5.02 Å². The molecule has 1 fully saturated rings. The zero-order valence-electron chi connectivity index (χ0n) is 15.7. The Morgan fingerprint density at radius 3 is 2.41 bits per heavy atom. The van der Waals surface area contributed by atoms with E-state index in [0.717, 1.165) is 6.42 Å². The lowest BCUT2D eigenvalue weighted by Gasteiger charge is -2.18. The highest BCUT2D eigenvalue weighted by Crippen LogP contribution is 2.30. The molecular weight excluding hydrogens is 396 g/mol. The first-order valence-electron chi connectivity index (χ1n) is 9.03. The minimum Gasteiger partial charge on any atom is -0.452 e. The highest BCUT2D eigenvalue weighted by Gasteiger charge is 2.24. The zero-order valence-corrected chi connectivity index (χ0v) is 16.5. The number of hydrogen-bond donors (Lipinski definition) is 1. The summed E-state index contributed by atoms with van der Waals surface area (Å²) < 4.78 is 5.06. The van der Waals surface area contributed by atoms with E-state index in [0.29, 0.717) is 34.9 Å². The molecule has 0 radical (unpaired) electrons. The molecule has 1 aliphatic rings. The Morgan fingerprint density at radius 1 is 1.10 bits per heavy atom. The number of ketones is 1. The number of nitrogens with one attached hydrogen (secondary N) is 1. The second-order valence-electron chi connectivity index (χ2n) is 6.57. The first-order valence-corrected chi connectivity index (χ1v) is 9.41. The molecule has 0 unspecified atom stereocenters. The van der Waals surface area contributed by atoms with Crippen molar-refractivity contribution in [2.24, 2.45) is 0 Å². The van der Waals surface area contributed by atoms with E-state index in [9.17, 15) is 19.2 Å². The molecule has 0 spiro atoms. The summed E-state index contributed by atoms with van der Waals surface area (Å²) in [7, 11) is 0. The summed E-state index contributed by atoms with van der Waals surface area (Å²) in [5.41, 5.74) is 1.67. The Balaban J connectivity index is 1.59. The van der Waals surface area contributed by atoms with Gasteiger partial charge in [0.25, 0.3) is 5.91 Å². The number of benzene rings is 2. The fourth-order valence-corrected chi connectivity index (χ4v) is 3.17. The fourth-order valence-electron chi connectivity index (χ4n) is 2.95. The Labute approximate surface area is 172 Å². The number of anilines is 2. The van der Waals surface area contributed by atoms with Gasteiger partial charge >= 0.3 is 5.97 Å². The van der Waals surface area contributed by atoms with E-state index in [-0.39, 0.29) is 17.3 Å². The van der Waals surface area contributed by atoms with Gasteiger partial charge < -0.3 is 15.0 Å². The quantitative estimate of drug-likeness (QED) is 0.577. The standard InChI is InChI=1S/C21H19ClN2O5/c1-13(25)14-4-7-16(8-5-14)23-19(26)12-29-21(28)15-6-9-17(22)18(11-15)24-10-2-3-20(24)27/h4-9,11H,2-3,10,12H2,1H3,(H,23,26). The van der Waals surface area contributed by atoms with Crippen molar-refractivity contribution in [3.8, 4) is 0 Å². The molecule has 0 atom stereocenters. The average molecular weight is 415 g/mol. The van der Waals surface area contributed by atoms with Crippen LogP contribution in [0.15, 0.2) is 42.5 Å². The maximum absolute atomic E-state index is 12.3. The van der Waals surface area contributed by atoms with Gasteiger partial charge in [0.15, 0.2) is 12.4 Å². The summed E-state index contributed by atoms with van der Waals surface area (Å²) >= 11 is 6.16. The zero-order chi connectivity index (χ0) is 21.0. The van der Waals surface area contributed by atoms with Crippen LogP contribution in [0.3, 0.4) is 0 Å². The highest BCUT2D eigenvalue weighted by molar-refractivity contribution is 6.34. The van der Waals surface area contributed by atoms with E-state index in [4.69, 9.17) is 16.3 Å². The van der Waals surface area contributed by atoms with E-state index in [1.54, 1.807) is 24.3 Å². The number of nitrogens with zero attached hydrogens (tertiary/aromatic N) is 1. The summed E-state index contributed by atoms with van der Waals surface area (Å²) in [5.74, 6) is -1.34. The van der Waals surface area contributed by atoms with E-state index in [2.05, 4.69) is 5.32 Å². The van der Waals surface area contributed by atoms with Gasteiger partial charge in [-0.25, -0.2) is 4.79 Å². The molecule has 3 rings (SSSR count). The molecular formula is C21H19ClN2O5. The third-order valence-corrected chi connectivity index (χ3v) is 4.78. The lowest BCUT2D eigenvalue weighted by Crippen LogP contribution is -2.24. The number of hydrogen-bond acceptors (Lipinski definition) is 5. The monoisotopic (exact) mass is 414 g/mol. The van der Waals surface area contributed by atoms with Crippen molar-refractivity contribution >= 4 is 46.5 Å². The Bertz CT molecular complexity index is 972. The van der Waals surface area contributed by atoms with Crippen LogP contribution in [0, 0.1) is 0 Å². The lowest BCUT2D eigenvalue weighted by atomic mass is 10.1. The fraction of sp³-hybridized carbons (Fsp3) is 0.238. The first kappa shape index (κ1) is 20.5. The molecule has 8 heteroatoms. The molecule has 1 heterocycles. The van der Waals surface area contributed by atoms with E-state index >= 15 is 0 Å². The molecule has 7 nitrogen and oxygen atoms in total. The summed E-state index contributed by atoms with van der Waals surface area (Å²) in [6, 6.07) is 10.9. The van der Waals surface area contributed by atoms with Gasteiger partial charge in [-0.05, 0) is 55.8 Å². The Hall–Kier alpha value is -3.19. The second-order valence-corrected chi connectivity index (χ2v) is 6.98. The predicted molar refractivity (Wildman–Crippen MR) is 108 cm³/mol. The van der Waals surface area contributed by atoms with Crippen molar-refractivity contribution < 1.29 is 23.9 Å². The number of Topliss-reactive ketones (excluding diaryl/α,β-unsaturated/α-hetero) is 1. The largest absolute Gasteiger partial charge is 0.452 e. The third kappa shape index (κ3) is 5.00. The maximum atomic E-state index is 12.3. The van der Waals surface area contributed by atoms with Gasteiger partial charge in [-0.15, -0.1) is 0 Å². The molecule has 1 saturated heterocycles. The van der Waals surface area contributed by atoms with Gasteiger partial charge in [0, 0.05) is 24.2 Å². The molecule has 0 aliphatic carbocycles. The van der Waals surface area contributed by atoms with Crippen LogP contribution in [-0.2, 0) is 14.3 Å². The van der Waals surface area contributed by atoms with Crippen molar-refractivity contribution in [1.29, 1.82) is 0 Å². The number of carbonyl (C=O) groups excluding carboxylic acids is 4. The predicted octanol–water partition coefficient (Wildman–Crippen LogP) is 3.46. The van der Waals surface area contributed by atoms with Crippen molar-refractivity contribution in [2.75, 3.05) is 23.4 Å². The molecule has 1 aliphatic heterocycles. The minimum atomic E-state index is -0.698. The summed E-state index contributed by atoms with van der Waals surface area (Å²) in [6.45, 7) is 1.52. The Morgan fingerprint density at radius 2 is 1.79 bits per heavy atom. The first-order chi connectivity index (χ1) is 13.8. The van der Waals surface area contributed by atoms with Crippen molar-refractivity contribution in [3.05, 3.63) is 58.6 Å². The number of rotatable bonds is 6. The summed E-state index contributed by atoms with van der Waals surface area (Å²) in [4.78, 5) is 49.0. The van der Waals surface area contributed by atoms with Gasteiger partial charge in [0.2, 0.25) is 5.91 Å². The van der Waals surface area contributed by atoms with Crippen LogP contribution >= 0.6 is 11.6 Å². The summed E-state index contributed by atoms with van der Waals surface area (Å²) in [6.07, 6.45) is 1.18. The smallest absolute Gasteiger partial charge is 0.338 e. The maximum Gasteiger partial charge on any atom is 0.338 e. The Kier molecular flexibility index (Phi) is 6.29. The van der Waals surface area contributed by atoms with E-state index < -0.39 is 18.5 Å². The van der Waals surface area contributed by atoms with Crippen LogP contribution in [0.1, 0.15) is 40.5 Å². The average Bonchev–Trinajstić information content (AvgIpc) is 3.12. The van der Waals surface area contributed by atoms with Crippen molar-refractivity contribution in [3.63, 3.8) is 0 Å². The molecule has 2 aromatic carbocycles. The topological polar surface area (TPSA) is 92.8 Å². The van der Waals surface area contributed by atoms with Crippen molar-refractivity contribution in [1.82, 2.24) is 0 Å². The molecule has 0 aromatic heterocycles. The van der Waals surface area contributed by atoms with Crippen molar-refractivity contribution in [2.45, 2.75) is 19.8 Å². The molecule has 0 saturated carbocycles. The number of amides is 2. The molecule has 0 bridgehead atoms. The highest BCUT2D eigenvalue weighted by atomic mass is 35.5. The van der Waals surface area contributed by atoms with Gasteiger partial charge in [-0.2, -0.15) is 0 Å². The van der Waals surface area contributed by atoms with Crippen LogP contribution in [-0.4, -0.2) is 36.7 Å². The van der Waals surface area contributed by atoms with Crippen LogP contribution < -0.4 is 10.2 Å². The molecule has 2 aromatic rings. The van der Waals surface area contributed by atoms with Gasteiger partial charge in [0.05, 0.1) is 16.3 Å². The van der Waals surface area contributed by atoms with E-state index in [1.807, 2.05) is 0 Å². The third-order valence-electron chi connectivity index (χ3n) is 4.46. The molecule has 29 heavy (non-hydrogen) atoms. The number of halogens is 1. The van der Waals surface area contributed by atoms with Gasteiger partial charge in [0.1, 0.15) is 0 Å². The number of ether oxygens (including phenoxy) is 1. The van der Waals surface area contributed by atoms with Gasteiger partial charge in [-0.3, -0.25) is 14.4 Å². The van der Waals surface area contributed by atoms with Crippen LogP contribution in [0.25, 0.3) is 0 Å². The number of carbonyl (C=O) groups is 4. The second kappa shape index (κ2) is 8.87. The SMILES string of the molecule is CC(=O)c1ccc(NC(=O)COC(=O)c2ccc(Cl)c(N3CCCC3=O)c2)cc1. The number of esters is 1.